The summed E-state index contributed by atoms with van der Waals surface area (Å²) < 4.78 is 4.94. The first-order chi connectivity index (χ1) is 28.8. The molecular weight excluding hydrogens is 721 g/mol. The zero-order valence-electron chi connectivity index (χ0n) is 33.9. The maximum Gasteiger partial charge on any atom is 0.0663 e. The number of hydrogen-bond acceptors (Lipinski definition) is 3. The van der Waals surface area contributed by atoms with E-state index in [2.05, 4.69) is 199 Å². The van der Waals surface area contributed by atoms with E-state index in [-0.39, 0.29) is 24.4 Å². The van der Waals surface area contributed by atoms with Crippen molar-refractivity contribution in [3.05, 3.63) is 180 Å². The number of aromatic nitrogens is 2. The Kier molecular flexibility index (Phi) is 8.96. The molecule has 2 aromatic heterocycles. The minimum Gasteiger partial charge on any atom is -0.396 e. The van der Waals surface area contributed by atoms with Crippen LogP contribution in [0.2, 0.25) is 0 Å². The van der Waals surface area contributed by atoms with Crippen LogP contribution in [0.3, 0.4) is 0 Å². The van der Waals surface area contributed by atoms with Crippen molar-refractivity contribution in [2.24, 2.45) is 11.8 Å². The van der Waals surface area contributed by atoms with Crippen LogP contribution < -0.4 is 4.90 Å². The molecule has 59 heavy (non-hydrogen) atoms. The molecule has 7 aromatic carbocycles. The van der Waals surface area contributed by atoms with Crippen molar-refractivity contribution < 1.29 is 5.11 Å². The first-order valence-corrected chi connectivity index (χ1v) is 20.6. The summed E-state index contributed by atoms with van der Waals surface area (Å²) in [6.45, 7) is 6.34. The van der Waals surface area contributed by atoms with E-state index in [0.717, 1.165) is 39.4 Å². The topological polar surface area (TPSA) is 57.1 Å². The molecule has 2 unspecified atom stereocenters. The van der Waals surface area contributed by atoms with E-state index in [0.29, 0.717) is 6.42 Å². The molecule has 3 atom stereocenters. The highest BCUT2D eigenvalue weighted by molar-refractivity contribution is 6.29. The molecule has 0 amide bonds. The summed E-state index contributed by atoms with van der Waals surface area (Å²) >= 11 is 0. The highest BCUT2D eigenvalue weighted by atomic mass is 16.3. The van der Waals surface area contributed by atoms with Gasteiger partial charge < -0.3 is 19.1 Å². The average molecular weight is 767 g/mol. The minimum absolute atomic E-state index is 0.0102. The van der Waals surface area contributed by atoms with Gasteiger partial charge in [-0.3, -0.25) is 0 Å². The zero-order valence-corrected chi connectivity index (χ0v) is 33.9. The molecule has 288 valence electrons. The largest absolute Gasteiger partial charge is 0.396 e. The minimum atomic E-state index is -0.195. The normalized spacial score (nSPS) is 16.8. The summed E-state index contributed by atoms with van der Waals surface area (Å²) in [7, 11) is 2.16. The Morgan fingerprint density at radius 2 is 1.22 bits per heavy atom. The van der Waals surface area contributed by atoms with Crippen molar-refractivity contribution in [2.75, 3.05) is 18.6 Å². The number of anilines is 2. The van der Waals surface area contributed by atoms with Crippen LogP contribution in [0.15, 0.2) is 163 Å². The number of fused-ring (bicyclic) bond motifs is 7. The lowest BCUT2D eigenvalue weighted by Gasteiger charge is -2.30. The van der Waals surface area contributed by atoms with Crippen molar-refractivity contribution in [3.63, 3.8) is 0 Å². The summed E-state index contributed by atoms with van der Waals surface area (Å²) in [6.07, 6.45) is 2.96. The van der Waals surface area contributed by atoms with Gasteiger partial charge in [-0.25, -0.2) is 0 Å². The van der Waals surface area contributed by atoms with Crippen LogP contribution in [0.5, 0.6) is 0 Å². The van der Waals surface area contributed by atoms with E-state index in [9.17, 15) is 10.4 Å². The molecule has 1 N–H and O–H groups in total. The molecule has 0 spiro atoms. The van der Waals surface area contributed by atoms with Crippen LogP contribution in [0.4, 0.5) is 11.4 Å². The van der Waals surface area contributed by atoms with Gasteiger partial charge >= 0.3 is 0 Å². The number of allylic oxidation sites excluding steroid dienone is 1. The first-order valence-electron chi connectivity index (χ1n) is 20.6. The number of benzene rings is 7. The number of aryl methyl sites for hydroxylation is 2. The SMILES string of the molecule is CC1=CC(c2ccc(N(C)c3ccccc3-c3cc4c5ccccc5n(-c5ccc(C)cc5)c4c4c5ccccc5n(-c5ccc(C)cc5)c34)cc2)CC(C#N)[C@H]1CO. The Balaban J connectivity index is 1.23. The highest BCUT2D eigenvalue weighted by Gasteiger charge is 2.31. The molecule has 10 rings (SSSR count). The lowest BCUT2D eigenvalue weighted by molar-refractivity contribution is 0.207. The molecule has 0 saturated heterocycles. The number of nitrogens with zero attached hydrogens (tertiary/aromatic N) is 4. The van der Waals surface area contributed by atoms with E-state index < -0.39 is 0 Å². The fraction of sp³-hybridized carbons (Fsp3) is 0.167. The standard InChI is InChI=1S/C54H46N4O/c1-34-17-23-41(24-18-34)57-50-15-9-6-12-44(50)47-31-46(53-52(54(47)57)45-13-7-10-16-51(45)58(53)42-25-19-35(2)20-26-42)43-11-5-8-14-49(43)56(4)40-27-21-37(22-28-40)38-29-36(3)48(33-59)39(30-38)32-55/h5-29,31,38-39,48,59H,30,33H2,1-4H3/t38?,39?,48-/m0/s1. The Hall–Kier alpha value is -6.87. The summed E-state index contributed by atoms with van der Waals surface area (Å²) in [5.41, 5.74) is 16.2. The van der Waals surface area contributed by atoms with Gasteiger partial charge in [0.2, 0.25) is 0 Å². The van der Waals surface area contributed by atoms with Gasteiger partial charge in [-0.05, 0) is 93.4 Å². The predicted octanol–water partition coefficient (Wildman–Crippen LogP) is 13.1. The zero-order chi connectivity index (χ0) is 40.4. The molecule has 0 aliphatic heterocycles. The lowest BCUT2D eigenvalue weighted by atomic mass is 9.74. The van der Waals surface area contributed by atoms with Gasteiger partial charge in [-0.15, -0.1) is 0 Å². The molecule has 1 aliphatic rings. The molecule has 9 aromatic rings. The van der Waals surface area contributed by atoms with Crippen LogP contribution in [0.1, 0.15) is 36.0 Å². The van der Waals surface area contributed by atoms with E-state index >= 15 is 0 Å². The summed E-state index contributed by atoms with van der Waals surface area (Å²) in [5.74, 6) is -0.146. The molecule has 1 aliphatic carbocycles. The molecular formula is C54H46N4O. The van der Waals surface area contributed by atoms with Crippen LogP contribution in [0, 0.1) is 37.0 Å². The van der Waals surface area contributed by atoms with Crippen LogP contribution in [-0.2, 0) is 0 Å². The van der Waals surface area contributed by atoms with Crippen molar-refractivity contribution in [3.8, 4) is 28.6 Å². The molecule has 0 bridgehead atoms. The van der Waals surface area contributed by atoms with Gasteiger partial charge in [-0.1, -0.05) is 114 Å². The maximum atomic E-state index is 9.96. The van der Waals surface area contributed by atoms with E-state index in [1.54, 1.807) is 0 Å². The van der Waals surface area contributed by atoms with Crippen molar-refractivity contribution in [1.29, 1.82) is 5.26 Å². The second-order valence-electron chi connectivity index (χ2n) is 16.4. The Morgan fingerprint density at radius 3 is 1.86 bits per heavy atom. The number of aliphatic hydroxyl groups excluding tert-OH is 1. The smallest absolute Gasteiger partial charge is 0.0663 e. The van der Waals surface area contributed by atoms with Crippen molar-refractivity contribution >= 4 is 55.0 Å². The number of hydrogen-bond donors (Lipinski definition) is 1. The van der Waals surface area contributed by atoms with Crippen LogP contribution in [-0.4, -0.2) is 27.9 Å². The van der Waals surface area contributed by atoms with E-state index in [1.807, 2.05) is 6.92 Å². The second kappa shape index (κ2) is 14.5. The van der Waals surface area contributed by atoms with Crippen molar-refractivity contribution in [1.82, 2.24) is 9.13 Å². The van der Waals surface area contributed by atoms with Gasteiger partial charge in [0.05, 0.1) is 40.7 Å². The second-order valence-corrected chi connectivity index (χ2v) is 16.4. The fourth-order valence-electron chi connectivity index (χ4n) is 9.72. The molecule has 0 fully saturated rings. The summed E-state index contributed by atoms with van der Waals surface area (Å²) in [6, 6.07) is 58.0. The highest BCUT2D eigenvalue weighted by Crippen LogP contribution is 2.48. The Bertz CT molecular complexity index is 3120. The third-order valence-corrected chi connectivity index (χ3v) is 12.8. The van der Waals surface area contributed by atoms with E-state index in [1.165, 1.54) is 60.3 Å². The van der Waals surface area contributed by atoms with Crippen LogP contribution in [0.25, 0.3) is 66.1 Å². The number of para-hydroxylation sites is 3. The van der Waals surface area contributed by atoms with Gasteiger partial charge in [0, 0.05) is 74.3 Å². The molecule has 5 nitrogen and oxygen atoms in total. The quantitative estimate of drug-likeness (QED) is 0.164. The van der Waals surface area contributed by atoms with Crippen molar-refractivity contribution in [2.45, 2.75) is 33.1 Å². The number of nitriles is 1. The predicted molar refractivity (Wildman–Crippen MR) is 245 cm³/mol. The molecule has 0 saturated carbocycles. The third kappa shape index (κ3) is 5.94. The van der Waals surface area contributed by atoms with Gasteiger partial charge in [-0.2, -0.15) is 5.26 Å². The van der Waals surface area contributed by atoms with Gasteiger partial charge in [0.25, 0.3) is 0 Å². The summed E-state index contributed by atoms with van der Waals surface area (Å²) in [4.78, 5) is 2.30. The maximum absolute atomic E-state index is 9.96. The van der Waals surface area contributed by atoms with Gasteiger partial charge in [0.1, 0.15) is 0 Å². The average Bonchev–Trinajstić information content (AvgIpc) is 3.79. The summed E-state index contributed by atoms with van der Waals surface area (Å²) in [5, 5.41) is 24.7. The van der Waals surface area contributed by atoms with E-state index in [4.69, 9.17) is 0 Å². The lowest BCUT2D eigenvalue weighted by Crippen LogP contribution is -2.25. The molecule has 2 heterocycles. The van der Waals surface area contributed by atoms with Gasteiger partial charge in [0.15, 0.2) is 0 Å². The fourth-order valence-corrected chi connectivity index (χ4v) is 9.72. The Morgan fingerprint density at radius 1 is 0.644 bits per heavy atom. The third-order valence-electron chi connectivity index (χ3n) is 12.8. The monoisotopic (exact) mass is 766 g/mol. The first kappa shape index (κ1) is 36.5. The van der Waals surface area contributed by atoms with Crippen LogP contribution >= 0.6 is 0 Å². The Labute approximate surface area is 345 Å². The number of aliphatic hydroxyl groups is 1. The molecule has 0 radical (unpaired) electrons. The molecule has 5 heteroatoms. The number of rotatable bonds is 7.